The highest BCUT2D eigenvalue weighted by Crippen LogP contribution is 2.29. The number of carbonyl (C=O) groups excluding carboxylic acids is 1. The van der Waals surface area contributed by atoms with Crippen molar-refractivity contribution in [3.8, 4) is 0 Å². The summed E-state index contributed by atoms with van der Waals surface area (Å²) in [6.45, 7) is 3.69. The Kier molecular flexibility index (Phi) is 5.79. The van der Waals surface area contributed by atoms with Crippen molar-refractivity contribution in [2.45, 2.75) is 19.4 Å². The molecule has 2 aromatic carbocycles. The molecule has 0 fully saturated rings. The Bertz CT molecular complexity index is 769. The molecule has 1 heterocycles. The SMILES string of the molecule is C[C@H](C(=O)Nc1c(Cl)cccc1Cl)[NH+]1CC=C(c2ccccc2)CC1. The first kappa shape index (κ1) is 18.0. The lowest BCUT2D eigenvalue weighted by Crippen LogP contribution is -3.17. The molecule has 3 rings (SSSR count). The van der Waals surface area contributed by atoms with Crippen LogP contribution in [0.1, 0.15) is 18.9 Å². The number of hydrogen-bond donors (Lipinski definition) is 2. The van der Waals surface area contributed by atoms with E-state index < -0.39 is 0 Å². The molecule has 0 bridgehead atoms. The van der Waals surface area contributed by atoms with Crippen molar-refractivity contribution >= 4 is 40.4 Å². The van der Waals surface area contributed by atoms with Gasteiger partial charge in [0.1, 0.15) is 0 Å². The van der Waals surface area contributed by atoms with E-state index in [0.29, 0.717) is 15.7 Å². The molecule has 3 nitrogen and oxygen atoms in total. The molecule has 25 heavy (non-hydrogen) atoms. The molecule has 0 radical (unpaired) electrons. The smallest absolute Gasteiger partial charge is 0.282 e. The Labute approximate surface area is 158 Å². The van der Waals surface area contributed by atoms with E-state index in [1.165, 1.54) is 16.0 Å². The number of para-hydroxylation sites is 1. The fraction of sp³-hybridized carbons (Fsp3) is 0.250. The van der Waals surface area contributed by atoms with Gasteiger partial charge < -0.3 is 10.2 Å². The predicted octanol–water partition coefficient (Wildman–Crippen LogP) is 3.69. The molecule has 5 heteroatoms. The average molecular weight is 376 g/mol. The van der Waals surface area contributed by atoms with Crippen LogP contribution in [-0.2, 0) is 4.79 Å². The Hall–Kier alpha value is -1.81. The van der Waals surface area contributed by atoms with E-state index in [4.69, 9.17) is 23.2 Å². The number of anilines is 1. The van der Waals surface area contributed by atoms with Gasteiger partial charge in [-0.25, -0.2) is 0 Å². The van der Waals surface area contributed by atoms with Crippen molar-refractivity contribution in [2.75, 3.05) is 18.4 Å². The van der Waals surface area contributed by atoms with Crippen molar-refractivity contribution in [1.29, 1.82) is 0 Å². The van der Waals surface area contributed by atoms with Gasteiger partial charge in [0.25, 0.3) is 5.91 Å². The summed E-state index contributed by atoms with van der Waals surface area (Å²) in [5.41, 5.74) is 3.10. The Morgan fingerprint density at radius 1 is 1.08 bits per heavy atom. The summed E-state index contributed by atoms with van der Waals surface area (Å²) in [7, 11) is 0. The number of halogens is 2. The molecular weight excluding hydrogens is 355 g/mol. The third-order valence-electron chi connectivity index (χ3n) is 4.69. The monoisotopic (exact) mass is 375 g/mol. The summed E-state index contributed by atoms with van der Waals surface area (Å²) >= 11 is 12.3. The third kappa shape index (κ3) is 4.24. The van der Waals surface area contributed by atoms with Crippen LogP contribution in [0, 0.1) is 0 Å². The quantitative estimate of drug-likeness (QED) is 0.839. The summed E-state index contributed by atoms with van der Waals surface area (Å²) < 4.78 is 0. The summed E-state index contributed by atoms with van der Waals surface area (Å²) in [6, 6.07) is 15.4. The molecule has 130 valence electrons. The second-order valence-electron chi connectivity index (χ2n) is 6.27. The highest BCUT2D eigenvalue weighted by molar-refractivity contribution is 6.39. The zero-order valence-corrected chi connectivity index (χ0v) is 15.6. The third-order valence-corrected chi connectivity index (χ3v) is 5.32. The first-order chi connectivity index (χ1) is 12.1. The van der Waals surface area contributed by atoms with E-state index >= 15 is 0 Å². The van der Waals surface area contributed by atoms with Gasteiger partial charge in [-0.05, 0) is 36.3 Å². The van der Waals surface area contributed by atoms with E-state index in [9.17, 15) is 4.79 Å². The maximum absolute atomic E-state index is 12.6. The number of amides is 1. The maximum atomic E-state index is 12.6. The van der Waals surface area contributed by atoms with Gasteiger partial charge in [-0.2, -0.15) is 0 Å². The lowest BCUT2D eigenvalue weighted by Gasteiger charge is -2.28. The standard InChI is InChI=1S/C20H20Cl2N2O/c1-14(20(25)23-19-17(21)8-5-9-18(19)22)24-12-10-16(11-13-24)15-6-3-2-4-7-15/h2-10,14H,11-13H2,1H3,(H,23,25)/p+1/t14-/m1/s1. The number of hydrogen-bond acceptors (Lipinski definition) is 1. The molecule has 0 aliphatic carbocycles. The molecule has 2 aromatic rings. The Balaban J connectivity index is 1.65. The van der Waals surface area contributed by atoms with E-state index in [2.05, 4.69) is 35.7 Å². The minimum absolute atomic E-state index is 0.0680. The predicted molar refractivity (Wildman–Crippen MR) is 104 cm³/mol. The van der Waals surface area contributed by atoms with Crippen LogP contribution < -0.4 is 10.2 Å². The minimum Gasteiger partial charge on any atom is -0.321 e. The normalized spacial score (nSPS) is 18.4. The fourth-order valence-electron chi connectivity index (χ4n) is 3.10. The number of carbonyl (C=O) groups is 1. The first-order valence-corrected chi connectivity index (χ1v) is 9.16. The van der Waals surface area contributed by atoms with Crippen molar-refractivity contribution < 1.29 is 9.69 Å². The number of benzene rings is 2. The number of rotatable bonds is 4. The molecule has 0 saturated heterocycles. The van der Waals surface area contributed by atoms with E-state index in [-0.39, 0.29) is 11.9 Å². The van der Waals surface area contributed by atoms with Crippen LogP contribution in [0.25, 0.3) is 5.57 Å². The second-order valence-corrected chi connectivity index (χ2v) is 7.08. The molecule has 2 atom stereocenters. The van der Waals surface area contributed by atoms with Crippen LogP contribution >= 0.6 is 23.2 Å². The van der Waals surface area contributed by atoms with Crippen molar-refractivity contribution in [1.82, 2.24) is 0 Å². The van der Waals surface area contributed by atoms with Gasteiger partial charge >= 0.3 is 0 Å². The summed E-state index contributed by atoms with van der Waals surface area (Å²) in [5.74, 6) is -0.0680. The van der Waals surface area contributed by atoms with Gasteiger partial charge in [0, 0.05) is 6.42 Å². The van der Waals surface area contributed by atoms with Gasteiger partial charge in [-0.3, -0.25) is 4.79 Å². The highest BCUT2D eigenvalue weighted by Gasteiger charge is 2.27. The molecular formula is C20H21Cl2N2O+. The van der Waals surface area contributed by atoms with Gasteiger partial charge in [-0.1, -0.05) is 59.6 Å². The summed E-state index contributed by atoms with van der Waals surface area (Å²) in [6.07, 6.45) is 3.20. The zero-order valence-electron chi connectivity index (χ0n) is 14.1. The molecule has 0 saturated carbocycles. The first-order valence-electron chi connectivity index (χ1n) is 8.40. The maximum Gasteiger partial charge on any atom is 0.282 e. The molecule has 1 aliphatic heterocycles. The fourth-order valence-corrected chi connectivity index (χ4v) is 3.59. The molecule has 0 aromatic heterocycles. The Morgan fingerprint density at radius 3 is 2.36 bits per heavy atom. The van der Waals surface area contributed by atoms with Crippen LogP contribution in [0.15, 0.2) is 54.6 Å². The van der Waals surface area contributed by atoms with Crippen LogP contribution in [0.4, 0.5) is 5.69 Å². The van der Waals surface area contributed by atoms with E-state index in [1.807, 2.05) is 13.0 Å². The largest absolute Gasteiger partial charge is 0.321 e. The molecule has 1 unspecified atom stereocenters. The average Bonchev–Trinajstić information content (AvgIpc) is 2.65. The van der Waals surface area contributed by atoms with E-state index in [1.54, 1.807) is 18.2 Å². The van der Waals surface area contributed by atoms with Crippen LogP contribution in [0.5, 0.6) is 0 Å². The topological polar surface area (TPSA) is 33.5 Å². The van der Waals surface area contributed by atoms with Crippen LogP contribution in [-0.4, -0.2) is 25.0 Å². The zero-order chi connectivity index (χ0) is 17.8. The number of quaternary nitrogens is 1. The van der Waals surface area contributed by atoms with E-state index in [0.717, 1.165) is 19.5 Å². The minimum atomic E-state index is -0.180. The highest BCUT2D eigenvalue weighted by atomic mass is 35.5. The molecule has 0 spiro atoms. The van der Waals surface area contributed by atoms with Gasteiger partial charge in [0.05, 0.1) is 28.8 Å². The Morgan fingerprint density at radius 2 is 1.76 bits per heavy atom. The lowest BCUT2D eigenvalue weighted by molar-refractivity contribution is -0.909. The van der Waals surface area contributed by atoms with Crippen LogP contribution in [0.3, 0.4) is 0 Å². The van der Waals surface area contributed by atoms with Gasteiger partial charge in [0.15, 0.2) is 6.04 Å². The van der Waals surface area contributed by atoms with Crippen molar-refractivity contribution in [2.24, 2.45) is 0 Å². The molecule has 1 amide bonds. The second kappa shape index (κ2) is 8.05. The molecule has 2 N–H and O–H groups in total. The van der Waals surface area contributed by atoms with Crippen LogP contribution in [0.2, 0.25) is 10.0 Å². The lowest BCUT2D eigenvalue weighted by atomic mass is 9.99. The van der Waals surface area contributed by atoms with Gasteiger partial charge in [-0.15, -0.1) is 0 Å². The van der Waals surface area contributed by atoms with Crippen molar-refractivity contribution in [3.63, 3.8) is 0 Å². The summed E-state index contributed by atoms with van der Waals surface area (Å²) in [4.78, 5) is 13.8. The van der Waals surface area contributed by atoms with Crippen molar-refractivity contribution in [3.05, 3.63) is 70.2 Å². The molecule has 1 aliphatic rings. The number of nitrogens with one attached hydrogen (secondary N) is 2. The summed E-state index contributed by atoms with van der Waals surface area (Å²) in [5, 5.41) is 3.78. The van der Waals surface area contributed by atoms with Gasteiger partial charge in [0.2, 0.25) is 0 Å².